The number of nitrogen functional groups attached to an aromatic ring is 1. The molecule has 1 saturated heterocycles. The molecule has 2 fully saturated rings. The average molecular weight is 290 g/mol. The normalized spacial score (nSPS) is 25.6. The Labute approximate surface area is 124 Å². The van der Waals surface area contributed by atoms with Gasteiger partial charge in [0, 0.05) is 24.7 Å². The topological polar surface area (TPSA) is 84.4 Å². The number of piperidine rings is 1. The maximum atomic E-state index is 11.0. The molecule has 1 aromatic carbocycles. The zero-order valence-electron chi connectivity index (χ0n) is 12.1. The van der Waals surface area contributed by atoms with Crippen molar-refractivity contribution in [3.63, 3.8) is 0 Å². The molecular weight excluding hydrogens is 268 g/mol. The standard InChI is InChI=1S/C15H22N4O2/c16-17-14-7-6-13(19(20)21)9-12(14)10-18-8-2-4-11-3-1-5-15(11)18/h6-7,9,11,15,17H,1-5,8,10,16H2. The lowest BCUT2D eigenvalue weighted by molar-refractivity contribution is -0.384. The molecule has 3 N–H and O–H groups in total. The Hall–Kier alpha value is -1.66. The van der Waals surface area contributed by atoms with Crippen LogP contribution in [0.1, 0.15) is 37.7 Å². The van der Waals surface area contributed by atoms with Crippen LogP contribution in [0.5, 0.6) is 0 Å². The fourth-order valence-electron chi connectivity index (χ4n) is 3.94. The highest BCUT2D eigenvalue weighted by Crippen LogP contribution is 2.38. The summed E-state index contributed by atoms with van der Waals surface area (Å²) in [6, 6.07) is 5.48. The first-order chi connectivity index (χ1) is 10.2. The molecule has 2 atom stereocenters. The van der Waals surface area contributed by atoms with Crippen LogP contribution in [0.3, 0.4) is 0 Å². The Morgan fingerprint density at radius 2 is 2.14 bits per heavy atom. The van der Waals surface area contributed by atoms with Gasteiger partial charge in [-0.25, -0.2) is 0 Å². The van der Waals surface area contributed by atoms with E-state index in [1.54, 1.807) is 12.1 Å². The lowest BCUT2D eigenvalue weighted by Gasteiger charge is -2.38. The highest BCUT2D eigenvalue weighted by Gasteiger charge is 2.35. The van der Waals surface area contributed by atoms with E-state index in [0.717, 1.165) is 30.3 Å². The number of rotatable bonds is 4. The van der Waals surface area contributed by atoms with Gasteiger partial charge in [-0.3, -0.25) is 20.9 Å². The molecule has 1 aromatic rings. The molecule has 0 spiro atoms. The van der Waals surface area contributed by atoms with Crippen molar-refractivity contribution in [1.82, 2.24) is 4.90 Å². The van der Waals surface area contributed by atoms with Gasteiger partial charge in [-0.2, -0.15) is 0 Å². The average Bonchev–Trinajstić information content (AvgIpc) is 2.96. The van der Waals surface area contributed by atoms with Crippen molar-refractivity contribution >= 4 is 11.4 Å². The lowest BCUT2D eigenvalue weighted by atomic mass is 9.91. The number of benzene rings is 1. The van der Waals surface area contributed by atoms with Crippen molar-refractivity contribution in [3.8, 4) is 0 Å². The quantitative estimate of drug-likeness (QED) is 0.506. The molecular formula is C15H22N4O2. The summed E-state index contributed by atoms with van der Waals surface area (Å²) in [5, 5.41) is 11.0. The maximum absolute atomic E-state index is 11.0. The number of nitro groups is 1. The Bertz CT molecular complexity index is 534. The summed E-state index contributed by atoms with van der Waals surface area (Å²) in [4.78, 5) is 13.1. The van der Waals surface area contributed by atoms with Crippen LogP contribution in [0, 0.1) is 16.0 Å². The van der Waals surface area contributed by atoms with Crippen molar-refractivity contribution in [2.75, 3.05) is 12.0 Å². The second kappa shape index (κ2) is 5.99. The van der Waals surface area contributed by atoms with Crippen LogP contribution in [0.4, 0.5) is 11.4 Å². The minimum atomic E-state index is -0.349. The molecule has 3 rings (SSSR count). The minimum Gasteiger partial charge on any atom is -0.324 e. The van der Waals surface area contributed by atoms with Gasteiger partial charge in [-0.05, 0) is 49.8 Å². The van der Waals surface area contributed by atoms with E-state index in [1.165, 1.54) is 38.2 Å². The van der Waals surface area contributed by atoms with E-state index < -0.39 is 0 Å². The zero-order valence-corrected chi connectivity index (χ0v) is 12.1. The lowest BCUT2D eigenvalue weighted by Crippen LogP contribution is -2.42. The molecule has 0 radical (unpaired) electrons. The molecule has 0 amide bonds. The van der Waals surface area contributed by atoms with Crippen LogP contribution in [0.25, 0.3) is 0 Å². The second-order valence-electron chi connectivity index (χ2n) is 6.11. The van der Waals surface area contributed by atoms with Crippen molar-refractivity contribution in [3.05, 3.63) is 33.9 Å². The van der Waals surface area contributed by atoms with E-state index in [2.05, 4.69) is 10.3 Å². The summed E-state index contributed by atoms with van der Waals surface area (Å²) < 4.78 is 0. The van der Waals surface area contributed by atoms with Gasteiger partial charge in [0.25, 0.3) is 5.69 Å². The number of hydrogen-bond acceptors (Lipinski definition) is 5. The predicted molar refractivity (Wildman–Crippen MR) is 81.7 cm³/mol. The number of hydrogen-bond donors (Lipinski definition) is 2. The van der Waals surface area contributed by atoms with E-state index in [-0.39, 0.29) is 10.6 Å². The van der Waals surface area contributed by atoms with E-state index in [9.17, 15) is 10.1 Å². The van der Waals surface area contributed by atoms with Crippen molar-refractivity contribution in [1.29, 1.82) is 0 Å². The SMILES string of the molecule is NNc1ccc([N+](=O)[O-])cc1CN1CCCC2CCCC21. The van der Waals surface area contributed by atoms with E-state index in [1.807, 2.05) is 0 Å². The van der Waals surface area contributed by atoms with Gasteiger partial charge in [-0.1, -0.05) is 6.42 Å². The van der Waals surface area contributed by atoms with Gasteiger partial charge >= 0.3 is 0 Å². The first kappa shape index (κ1) is 14.3. The third-order valence-electron chi connectivity index (χ3n) is 4.94. The largest absolute Gasteiger partial charge is 0.324 e. The fraction of sp³-hybridized carbons (Fsp3) is 0.600. The number of nitrogens with zero attached hydrogens (tertiary/aromatic N) is 2. The molecule has 6 nitrogen and oxygen atoms in total. The number of non-ortho nitro benzene ring substituents is 1. The van der Waals surface area contributed by atoms with Gasteiger partial charge in [0.15, 0.2) is 0 Å². The van der Waals surface area contributed by atoms with Crippen LogP contribution in [0.2, 0.25) is 0 Å². The summed E-state index contributed by atoms with van der Waals surface area (Å²) >= 11 is 0. The number of likely N-dealkylation sites (tertiary alicyclic amines) is 1. The fourth-order valence-corrected chi connectivity index (χ4v) is 3.94. The van der Waals surface area contributed by atoms with Gasteiger partial charge in [0.05, 0.1) is 10.6 Å². The van der Waals surface area contributed by atoms with Gasteiger partial charge < -0.3 is 5.43 Å². The monoisotopic (exact) mass is 290 g/mol. The first-order valence-electron chi connectivity index (χ1n) is 7.67. The Morgan fingerprint density at radius 1 is 1.33 bits per heavy atom. The third kappa shape index (κ3) is 2.87. The summed E-state index contributed by atoms with van der Waals surface area (Å²) in [6.45, 7) is 1.82. The Morgan fingerprint density at radius 3 is 2.90 bits per heavy atom. The summed E-state index contributed by atoms with van der Waals surface area (Å²) in [6.07, 6.45) is 6.45. The minimum absolute atomic E-state index is 0.129. The summed E-state index contributed by atoms with van der Waals surface area (Å²) in [5.74, 6) is 6.36. The van der Waals surface area contributed by atoms with Crippen LogP contribution in [-0.2, 0) is 6.54 Å². The highest BCUT2D eigenvalue weighted by atomic mass is 16.6. The Balaban J connectivity index is 1.82. The molecule has 6 heteroatoms. The summed E-state index contributed by atoms with van der Waals surface area (Å²) in [7, 11) is 0. The highest BCUT2D eigenvalue weighted by molar-refractivity contribution is 5.55. The Kier molecular flexibility index (Phi) is 4.07. The number of nitrogens with two attached hydrogens (primary N) is 1. The van der Waals surface area contributed by atoms with Gasteiger partial charge in [0.1, 0.15) is 0 Å². The third-order valence-corrected chi connectivity index (χ3v) is 4.94. The number of hydrazine groups is 1. The zero-order chi connectivity index (χ0) is 14.8. The molecule has 0 bridgehead atoms. The van der Waals surface area contributed by atoms with Gasteiger partial charge in [-0.15, -0.1) is 0 Å². The van der Waals surface area contributed by atoms with Crippen molar-refractivity contribution in [2.45, 2.75) is 44.7 Å². The van der Waals surface area contributed by atoms with Gasteiger partial charge in [0.2, 0.25) is 0 Å². The van der Waals surface area contributed by atoms with E-state index in [0.29, 0.717) is 6.04 Å². The molecule has 2 aliphatic rings. The molecule has 21 heavy (non-hydrogen) atoms. The van der Waals surface area contributed by atoms with E-state index in [4.69, 9.17) is 5.84 Å². The molecule has 114 valence electrons. The van der Waals surface area contributed by atoms with Crippen LogP contribution in [-0.4, -0.2) is 22.4 Å². The number of nitro benzene ring substituents is 1. The smallest absolute Gasteiger partial charge is 0.269 e. The molecule has 1 aliphatic heterocycles. The van der Waals surface area contributed by atoms with E-state index >= 15 is 0 Å². The van der Waals surface area contributed by atoms with Crippen LogP contribution < -0.4 is 11.3 Å². The number of anilines is 1. The molecule has 1 saturated carbocycles. The maximum Gasteiger partial charge on any atom is 0.269 e. The van der Waals surface area contributed by atoms with Crippen LogP contribution in [0.15, 0.2) is 18.2 Å². The number of fused-ring (bicyclic) bond motifs is 1. The molecule has 2 unspecified atom stereocenters. The molecule has 1 aliphatic carbocycles. The molecule has 0 aromatic heterocycles. The second-order valence-corrected chi connectivity index (χ2v) is 6.11. The number of nitrogens with one attached hydrogen (secondary N) is 1. The van der Waals surface area contributed by atoms with Crippen molar-refractivity contribution in [2.24, 2.45) is 11.8 Å². The summed E-state index contributed by atoms with van der Waals surface area (Å²) in [5.41, 5.74) is 4.48. The first-order valence-corrected chi connectivity index (χ1v) is 7.67. The predicted octanol–water partition coefficient (Wildman–Crippen LogP) is 2.64. The van der Waals surface area contributed by atoms with Crippen LogP contribution >= 0.6 is 0 Å². The van der Waals surface area contributed by atoms with Crippen molar-refractivity contribution < 1.29 is 4.92 Å². The molecule has 1 heterocycles.